The highest BCUT2D eigenvalue weighted by molar-refractivity contribution is 6.31. The molecule has 4 aromatic rings. The topological polar surface area (TPSA) is 42.3 Å². The Morgan fingerprint density at radius 3 is 1.85 bits per heavy atom. The van der Waals surface area contributed by atoms with Crippen LogP contribution in [0.2, 0.25) is 15.1 Å². The number of carbonyl (C=O) groups is 1. The van der Waals surface area contributed by atoms with Crippen molar-refractivity contribution in [2.45, 2.75) is 12.1 Å². The minimum absolute atomic E-state index is 0.201. The van der Waals surface area contributed by atoms with E-state index in [9.17, 15) is 9.59 Å². The van der Waals surface area contributed by atoms with Crippen molar-refractivity contribution in [1.29, 1.82) is 0 Å². The van der Waals surface area contributed by atoms with Crippen LogP contribution in [-0.2, 0) is 0 Å². The number of rotatable bonds is 3. The molecule has 5 rings (SSSR count). The summed E-state index contributed by atoms with van der Waals surface area (Å²) in [7, 11) is 0. The largest absolute Gasteiger partial charge is 0.284 e. The summed E-state index contributed by atoms with van der Waals surface area (Å²) in [6.45, 7) is 0. The molecule has 0 aliphatic carbocycles. The molecule has 2 atom stereocenters. The molecule has 1 amide bonds. The Morgan fingerprint density at radius 2 is 1.24 bits per heavy atom. The fraction of sp³-hybridized carbons (Fsp3) is 0.0769. The van der Waals surface area contributed by atoms with Crippen LogP contribution in [0.5, 0.6) is 0 Å². The number of carbonyl (C=O) groups excluding carboxylic acids is 1. The lowest BCUT2D eigenvalue weighted by Crippen LogP contribution is -2.33. The molecule has 0 bridgehead atoms. The highest BCUT2D eigenvalue weighted by atomic mass is 35.5. The van der Waals surface area contributed by atoms with E-state index in [4.69, 9.17) is 34.8 Å². The van der Waals surface area contributed by atoms with Gasteiger partial charge in [0.2, 0.25) is 0 Å². The van der Waals surface area contributed by atoms with Gasteiger partial charge in [-0.3, -0.25) is 19.1 Å². The molecular weight excluding hydrogens is 479 g/mol. The van der Waals surface area contributed by atoms with Crippen molar-refractivity contribution in [3.8, 4) is 0 Å². The van der Waals surface area contributed by atoms with E-state index in [1.165, 1.54) is 6.07 Å². The first-order valence-electron chi connectivity index (χ1n) is 10.3. The van der Waals surface area contributed by atoms with Crippen LogP contribution in [0.4, 0.5) is 5.82 Å². The first-order chi connectivity index (χ1) is 15.9. The summed E-state index contributed by atoms with van der Waals surface area (Å²) in [4.78, 5) is 28.6. The Bertz CT molecular complexity index is 1400. The standard InChI is InChI=1S/C26H17Cl3N2O2/c27-19-11-7-16(8-12-19)24-25(17-9-13-20(28)14-10-17)31(22-5-2-6-23(32)30(22)24)26(33)18-3-1-4-21(29)15-18/h1-15,24-25H/t24-,25+/m1/s1. The molecule has 3 aromatic carbocycles. The first-order valence-corrected chi connectivity index (χ1v) is 11.4. The SMILES string of the molecule is O=C(c1cccc(Cl)c1)N1c2cccc(=O)n2[C@H](c2ccc(Cl)cc2)[C@@H]1c1ccc(Cl)cc1. The van der Waals surface area contributed by atoms with Crippen LogP contribution in [0.1, 0.15) is 33.6 Å². The third-order valence-electron chi connectivity index (χ3n) is 5.78. The molecule has 0 radical (unpaired) electrons. The summed E-state index contributed by atoms with van der Waals surface area (Å²) in [5.74, 6) is 0.251. The number of hydrogen-bond acceptors (Lipinski definition) is 2. The second-order valence-electron chi connectivity index (χ2n) is 7.77. The predicted octanol–water partition coefficient (Wildman–Crippen LogP) is 6.80. The van der Waals surface area contributed by atoms with Crippen molar-refractivity contribution in [1.82, 2.24) is 4.57 Å². The van der Waals surface area contributed by atoms with Crippen LogP contribution in [0.25, 0.3) is 0 Å². The van der Waals surface area contributed by atoms with Crippen molar-refractivity contribution in [2.75, 3.05) is 4.90 Å². The molecule has 1 aliphatic rings. The molecule has 0 unspecified atom stereocenters. The van der Waals surface area contributed by atoms with E-state index in [1.807, 2.05) is 24.3 Å². The van der Waals surface area contributed by atoms with Gasteiger partial charge in [0.1, 0.15) is 5.82 Å². The maximum atomic E-state index is 13.9. The second-order valence-corrected chi connectivity index (χ2v) is 9.08. The third kappa shape index (κ3) is 3.95. The fourth-order valence-corrected chi connectivity index (χ4v) is 4.81. The average molecular weight is 496 g/mol. The zero-order chi connectivity index (χ0) is 23.1. The van der Waals surface area contributed by atoms with Crippen molar-refractivity contribution < 1.29 is 4.79 Å². The van der Waals surface area contributed by atoms with E-state index in [0.29, 0.717) is 26.4 Å². The first kappa shape index (κ1) is 21.8. The molecule has 4 nitrogen and oxygen atoms in total. The van der Waals surface area contributed by atoms with Crippen molar-refractivity contribution >= 4 is 46.5 Å². The lowest BCUT2D eigenvalue weighted by molar-refractivity contribution is 0.0978. The normalized spacial score (nSPS) is 17.1. The number of amides is 1. The van der Waals surface area contributed by atoms with Crippen LogP contribution in [0, 0.1) is 0 Å². The number of aromatic nitrogens is 1. The minimum atomic E-state index is -0.495. The Labute approximate surface area is 205 Å². The van der Waals surface area contributed by atoms with Gasteiger partial charge in [-0.1, -0.05) is 71.2 Å². The Morgan fingerprint density at radius 1 is 0.667 bits per heavy atom. The third-order valence-corrected chi connectivity index (χ3v) is 6.52. The van der Waals surface area contributed by atoms with Crippen LogP contribution < -0.4 is 10.5 Å². The van der Waals surface area contributed by atoms with E-state index in [1.54, 1.807) is 70.1 Å². The number of benzene rings is 3. The van der Waals surface area contributed by atoms with Crippen LogP contribution >= 0.6 is 34.8 Å². The zero-order valence-electron chi connectivity index (χ0n) is 17.2. The maximum Gasteiger partial charge on any atom is 0.260 e. The van der Waals surface area contributed by atoms with E-state index in [0.717, 1.165) is 11.1 Å². The van der Waals surface area contributed by atoms with E-state index >= 15 is 0 Å². The van der Waals surface area contributed by atoms with E-state index in [-0.39, 0.29) is 11.5 Å². The molecule has 0 saturated carbocycles. The van der Waals surface area contributed by atoms with Crippen molar-refractivity contribution in [3.63, 3.8) is 0 Å². The summed E-state index contributed by atoms with van der Waals surface area (Å²) in [6, 6.07) is 25.4. The Balaban J connectivity index is 1.76. The van der Waals surface area contributed by atoms with Gasteiger partial charge in [0, 0.05) is 26.7 Å². The minimum Gasteiger partial charge on any atom is -0.284 e. The van der Waals surface area contributed by atoms with Gasteiger partial charge < -0.3 is 0 Å². The molecule has 1 aromatic heterocycles. The molecule has 164 valence electrons. The zero-order valence-corrected chi connectivity index (χ0v) is 19.4. The Kier molecular flexibility index (Phi) is 5.75. The van der Waals surface area contributed by atoms with Gasteiger partial charge in [-0.05, 0) is 59.7 Å². The van der Waals surface area contributed by atoms with Gasteiger partial charge >= 0.3 is 0 Å². The van der Waals surface area contributed by atoms with Gasteiger partial charge in [0.15, 0.2) is 0 Å². The summed E-state index contributed by atoms with van der Waals surface area (Å²) in [6.07, 6.45) is 0. The summed E-state index contributed by atoms with van der Waals surface area (Å²) < 4.78 is 1.66. The van der Waals surface area contributed by atoms with Gasteiger partial charge in [-0.25, -0.2) is 0 Å². The molecule has 7 heteroatoms. The molecule has 0 saturated heterocycles. The van der Waals surface area contributed by atoms with Crippen molar-refractivity contribution in [2.24, 2.45) is 0 Å². The molecular formula is C26H17Cl3N2O2. The molecule has 0 spiro atoms. The van der Waals surface area contributed by atoms with Gasteiger partial charge in [0.05, 0.1) is 12.1 Å². The second kappa shape index (κ2) is 8.71. The van der Waals surface area contributed by atoms with Gasteiger partial charge in [-0.2, -0.15) is 0 Å². The summed E-state index contributed by atoms with van der Waals surface area (Å²) >= 11 is 18.5. The van der Waals surface area contributed by atoms with Crippen molar-refractivity contribution in [3.05, 3.63) is 133 Å². The number of nitrogens with zero attached hydrogens (tertiary/aromatic N) is 2. The van der Waals surface area contributed by atoms with E-state index in [2.05, 4.69) is 0 Å². The summed E-state index contributed by atoms with van der Waals surface area (Å²) in [5, 5.41) is 1.64. The number of pyridine rings is 1. The fourth-order valence-electron chi connectivity index (χ4n) is 4.36. The lowest BCUT2D eigenvalue weighted by Gasteiger charge is -2.28. The van der Waals surface area contributed by atoms with Gasteiger partial charge in [-0.15, -0.1) is 0 Å². The smallest absolute Gasteiger partial charge is 0.260 e. The highest BCUT2D eigenvalue weighted by Crippen LogP contribution is 2.47. The lowest BCUT2D eigenvalue weighted by atomic mass is 9.93. The number of halogens is 3. The molecule has 2 heterocycles. The molecule has 0 fully saturated rings. The van der Waals surface area contributed by atoms with Crippen LogP contribution in [0.15, 0.2) is 95.8 Å². The monoisotopic (exact) mass is 494 g/mol. The molecule has 0 N–H and O–H groups in total. The summed E-state index contributed by atoms with van der Waals surface area (Å²) in [5.41, 5.74) is 1.93. The maximum absolute atomic E-state index is 13.9. The highest BCUT2D eigenvalue weighted by Gasteiger charge is 2.44. The number of anilines is 1. The van der Waals surface area contributed by atoms with Crippen LogP contribution in [0.3, 0.4) is 0 Å². The van der Waals surface area contributed by atoms with E-state index < -0.39 is 12.1 Å². The Hall–Kier alpha value is -3.05. The number of hydrogen-bond donors (Lipinski definition) is 0. The quantitative estimate of drug-likeness (QED) is 0.314. The molecule has 33 heavy (non-hydrogen) atoms. The average Bonchev–Trinajstić information content (AvgIpc) is 3.16. The predicted molar refractivity (Wildman–Crippen MR) is 133 cm³/mol. The van der Waals surface area contributed by atoms with Crippen LogP contribution in [-0.4, -0.2) is 10.5 Å². The molecule has 1 aliphatic heterocycles. The number of fused-ring (bicyclic) bond motifs is 1. The van der Waals surface area contributed by atoms with Gasteiger partial charge in [0.25, 0.3) is 11.5 Å².